The number of hydrogen-bond acceptors (Lipinski definition) is 3. The molecule has 4 nitrogen and oxygen atoms in total. The van der Waals surface area contributed by atoms with Gasteiger partial charge in [-0.05, 0) is 76.0 Å². The van der Waals surface area contributed by atoms with Crippen LogP contribution in [0.4, 0.5) is 0 Å². The predicted octanol–water partition coefficient (Wildman–Crippen LogP) is 12.5. The van der Waals surface area contributed by atoms with Gasteiger partial charge in [-0.2, -0.15) is 0 Å². The van der Waals surface area contributed by atoms with Gasteiger partial charge in [0.15, 0.2) is 5.82 Å². The van der Waals surface area contributed by atoms with Crippen LogP contribution < -0.4 is 0 Å². The van der Waals surface area contributed by atoms with E-state index in [9.17, 15) is 0 Å². The summed E-state index contributed by atoms with van der Waals surface area (Å²) in [5, 5.41) is 4.79. The SMILES string of the molecule is c1ccc(-c2nc(-c3cccc(-c4cccnc4)c3)cc(-c3ccc(-c4ccc5c(c4)c4ccccc4n5-c4ccccc4)c4ccccc34)n2)cc1. The van der Waals surface area contributed by atoms with Crippen molar-refractivity contribution in [2.75, 3.05) is 0 Å². The summed E-state index contributed by atoms with van der Waals surface area (Å²) in [7, 11) is 0. The van der Waals surface area contributed by atoms with Crippen molar-refractivity contribution in [1.82, 2.24) is 19.5 Å². The van der Waals surface area contributed by atoms with Crippen molar-refractivity contribution >= 4 is 32.6 Å². The summed E-state index contributed by atoms with van der Waals surface area (Å²) in [6.45, 7) is 0. The molecule has 7 aromatic carbocycles. The molecule has 53 heavy (non-hydrogen) atoms. The molecule has 0 amide bonds. The fourth-order valence-electron chi connectivity index (χ4n) is 7.61. The van der Waals surface area contributed by atoms with Gasteiger partial charge in [-0.25, -0.2) is 9.97 Å². The van der Waals surface area contributed by atoms with E-state index in [0.29, 0.717) is 5.82 Å². The van der Waals surface area contributed by atoms with Gasteiger partial charge in [0.25, 0.3) is 0 Å². The van der Waals surface area contributed by atoms with Crippen molar-refractivity contribution in [3.8, 4) is 61.8 Å². The zero-order valence-electron chi connectivity index (χ0n) is 28.8. The van der Waals surface area contributed by atoms with E-state index in [1.807, 2.05) is 30.5 Å². The molecule has 0 spiro atoms. The lowest BCUT2D eigenvalue weighted by Crippen LogP contribution is -1.97. The first-order valence-corrected chi connectivity index (χ1v) is 17.8. The average molecular weight is 677 g/mol. The summed E-state index contributed by atoms with van der Waals surface area (Å²) < 4.78 is 2.36. The van der Waals surface area contributed by atoms with Gasteiger partial charge in [-0.15, -0.1) is 0 Å². The minimum atomic E-state index is 0.693. The monoisotopic (exact) mass is 676 g/mol. The third kappa shape index (κ3) is 5.45. The Hall–Kier alpha value is -7.17. The zero-order valence-corrected chi connectivity index (χ0v) is 28.8. The van der Waals surface area contributed by atoms with Crippen LogP contribution in [0.2, 0.25) is 0 Å². The molecule has 0 aliphatic carbocycles. The van der Waals surface area contributed by atoms with Crippen molar-refractivity contribution in [3.05, 3.63) is 194 Å². The number of pyridine rings is 1. The Kier molecular flexibility index (Phi) is 7.43. The first-order chi connectivity index (χ1) is 26.3. The highest BCUT2D eigenvalue weighted by molar-refractivity contribution is 6.12. The minimum absolute atomic E-state index is 0.693. The van der Waals surface area contributed by atoms with Gasteiger partial charge in [0, 0.05) is 51.1 Å². The molecule has 10 aromatic rings. The zero-order chi connectivity index (χ0) is 35.1. The Morgan fingerprint density at radius 2 is 1.00 bits per heavy atom. The summed E-state index contributed by atoms with van der Waals surface area (Å²) in [4.78, 5) is 14.7. The predicted molar refractivity (Wildman–Crippen MR) is 219 cm³/mol. The standard InChI is InChI=1S/C49H32N4/c1-3-13-33(14-4-1)49-51-45(36-16-11-15-34(29-36)37-17-12-28-50-32-37)31-46(52-49)42-26-25-39(40-20-7-8-21-41(40)42)35-24-27-48-44(30-35)43-22-9-10-23-47(43)53(48)38-18-5-2-6-19-38/h1-32H. The lowest BCUT2D eigenvalue weighted by molar-refractivity contribution is 1.18. The van der Waals surface area contributed by atoms with Crippen molar-refractivity contribution in [1.29, 1.82) is 0 Å². The fraction of sp³-hybridized carbons (Fsp3) is 0. The van der Waals surface area contributed by atoms with E-state index < -0.39 is 0 Å². The Morgan fingerprint density at radius 1 is 0.358 bits per heavy atom. The third-order valence-electron chi connectivity index (χ3n) is 10.1. The van der Waals surface area contributed by atoms with Crippen LogP contribution in [0.5, 0.6) is 0 Å². The van der Waals surface area contributed by atoms with Gasteiger partial charge in [0.05, 0.1) is 22.4 Å². The molecule has 0 saturated heterocycles. The quantitative estimate of drug-likeness (QED) is 0.176. The number of aromatic nitrogens is 4. The van der Waals surface area contributed by atoms with Crippen LogP contribution in [0, 0.1) is 0 Å². The molecule has 248 valence electrons. The molecule has 0 saturated carbocycles. The second-order valence-corrected chi connectivity index (χ2v) is 13.3. The number of fused-ring (bicyclic) bond motifs is 4. The van der Waals surface area contributed by atoms with Crippen LogP contribution in [-0.4, -0.2) is 19.5 Å². The summed E-state index contributed by atoms with van der Waals surface area (Å²) in [6, 6.07) is 64.2. The number of para-hydroxylation sites is 2. The van der Waals surface area contributed by atoms with E-state index in [2.05, 4.69) is 167 Å². The summed E-state index contributed by atoms with van der Waals surface area (Å²) in [5.41, 5.74) is 12.9. The second-order valence-electron chi connectivity index (χ2n) is 13.3. The molecule has 0 atom stereocenters. The number of benzene rings is 7. The summed E-state index contributed by atoms with van der Waals surface area (Å²) >= 11 is 0. The summed E-state index contributed by atoms with van der Waals surface area (Å²) in [5.74, 6) is 0.693. The molecule has 0 bridgehead atoms. The minimum Gasteiger partial charge on any atom is -0.309 e. The highest BCUT2D eigenvalue weighted by atomic mass is 15.0. The van der Waals surface area contributed by atoms with Gasteiger partial charge in [-0.3, -0.25) is 4.98 Å². The van der Waals surface area contributed by atoms with Crippen molar-refractivity contribution < 1.29 is 0 Å². The molecule has 4 heteroatoms. The van der Waals surface area contributed by atoms with E-state index in [4.69, 9.17) is 9.97 Å². The van der Waals surface area contributed by atoms with Crippen LogP contribution in [0.1, 0.15) is 0 Å². The topological polar surface area (TPSA) is 43.6 Å². The Bertz CT molecular complexity index is 2930. The lowest BCUT2D eigenvalue weighted by Gasteiger charge is -2.14. The van der Waals surface area contributed by atoms with Gasteiger partial charge in [-0.1, -0.05) is 133 Å². The largest absolute Gasteiger partial charge is 0.309 e. The smallest absolute Gasteiger partial charge is 0.160 e. The van der Waals surface area contributed by atoms with Gasteiger partial charge in [0.1, 0.15) is 0 Å². The van der Waals surface area contributed by atoms with Crippen LogP contribution in [0.25, 0.3) is 94.4 Å². The lowest BCUT2D eigenvalue weighted by atomic mass is 9.92. The highest BCUT2D eigenvalue weighted by Crippen LogP contribution is 2.40. The maximum absolute atomic E-state index is 5.22. The number of rotatable bonds is 6. The van der Waals surface area contributed by atoms with E-state index in [1.165, 1.54) is 38.3 Å². The maximum Gasteiger partial charge on any atom is 0.160 e. The third-order valence-corrected chi connectivity index (χ3v) is 10.1. The molecular formula is C49H32N4. The molecule has 0 unspecified atom stereocenters. The maximum atomic E-state index is 5.22. The molecule has 0 aliphatic rings. The van der Waals surface area contributed by atoms with Gasteiger partial charge in [0.2, 0.25) is 0 Å². The first kappa shape index (κ1) is 30.6. The van der Waals surface area contributed by atoms with E-state index >= 15 is 0 Å². The molecule has 3 heterocycles. The summed E-state index contributed by atoms with van der Waals surface area (Å²) in [6.07, 6.45) is 3.70. The van der Waals surface area contributed by atoms with Crippen LogP contribution in [0.3, 0.4) is 0 Å². The molecule has 0 aliphatic heterocycles. The highest BCUT2D eigenvalue weighted by Gasteiger charge is 2.17. The second kappa shape index (κ2) is 12.9. The Morgan fingerprint density at radius 3 is 1.81 bits per heavy atom. The van der Waals surface area contributed by atoms with Crippen LogP contribution in [0.15, 0.2) is 194 Å². The Balaban J connectivity index is 1.14. The molecule has 3 aromatic heterocycles. The van der Waals surface area contributed by atoms with Crippen molar-refractivity contribution in [2.45, 2.75) is 0 Å². The van der Waals surface area contributed by atoms with Crippen LogP contribution in [-0.2, 0) is 0 Å². The average Bonchev–Trinajstić information content (AvgIpc) is 3.58. The molecule has 10 rings (SSSR count). The molecule has 0 fully saturated rings. The van der Waals surface area contributed by atoms with Gasteiger partial charge >= 0.3 is 0 Å². The fourth-order valence-corrected chi connectivity index (χ4v) is 7.61. The van der Waals surface area contributed by atoms with Crippen molar-refractivity contribution in [3.63, 3.8) is 0 Å². The molecule has 0 radical (unpaired) electrons. The first-order valence-electron chi connectivity index (χ1n) is 17.8. The van der Waals surface area contributed by atoms with E-state index in [1.54, 1.807) is 6.20 Å². The van der Waals surface area contributed by atoms with Crippen molar-refractivity contribution in [2.24, 2.45) is 0 Å². The number of hydrogen-bond donors (Lipinski definition) is 0. The molecular weight excluding hydrogens is 645 g/mol. The Labute approximate surface area is 307 Å². The van der Waals surface area contributed by atoms with E-state index in [-0.39, 0.29) is 0 Å². The number of nitrogens with zero attached hydrogens (tertiary/aromatic N) is 4. The van der Waals surface area contributed by atoms with Crippen LogP contribution >= 0.6 is 0 Å². The molecule has 0 N–H and O–H groups in total. The van der Waals surface area contributed by atoms with Gasteiger partial charge < -0.3 is 4.57 Å². The normalized spacial score (nSPS) is 11.4. The van der Waals surface area contributed by atoms with E-state index in [0.717, 1.165) is 50.3 Å².